The number of hydrogen-bond donors (Lipinski definition) is 2. The Morgan fingerprint density at radius 2 is 1.91 bits per heavy atom. The molecular formula is C30H35N3O2. The van der Waals surface area contributed by atoms with Crippen LogP contribution in [0.5, 0.6) is 0 Å². The van der Waals surface area contributed by atoms with Crippen LogP contribution >= 0.6 is 0 Å². The predicted molar refractivity (Wildman–Crippen MR) is 144 cm³/mol. The van der Waals surface area contributed by atoms with Gasteiger partial charge in [0.25, 0.3) is 0 Å². The normalized spacial score (nSPS) is 16.6. The number of rotatable bonds is 6. The number of aryl methyl sites for hydroxylation is 1. The number of nitrogens with zero attached hydrogens (tertiary/aromatic N) is 1. The van der Waals surface area contributed by atoms with Crippen LogP contribution in [-0.2, 0) is 22.6 Å². The lowest BCUT2D eigenvalue weighted by atomic mass is 9.89. The highest BCUT2D eigenvalue weighted by Gasteiger charge is 2.18. The highest BCUT2D eigenvalue weighted by molar-refractivity contribution is 6.03. The molecule has 0 unspecified atom stereocenters. The Kier molecular flexibility index (Phi) is 6.76. The largest absolute Gasteiger partial charge is 0.341 e. The molecule has 5 heteroatoms. The van der Waals surface area contributed by atoms with Gasteiger partial charge in [-0.05, 0) is 78.6 Å². The SMILES string of the molecule is CC(C)c1ccc2c(c1)cc(/C=C/C(=O)Nc1ccc3c(c1)NC(=O)CC3)n2CC1CCCCC1. The van der Waals surface area contributed by atoms with Crippen LogP contribution in [0.3, 0.4) is 0 Å². The van der Waals surface area contributed by atoms with E-state index in [9.17, 15) is 9.59 Å². The van der Waals surface area contributed by atoms with Crippen molar-refractivity contribution in [1.29, 1.82) is 0 Å². The van der Waals surface area contributed by atoms with Gasteiger partial charge in [0.05, 0.1) is 0 Å². The Labute approximate surface area is 207 Å². The fourth-order valence-corrected chi connectivity index (χ4v) is 5.43. The second-order valence-corrected chi connectivity index (χ2v) is 10.4. The lowest BCUT2D eigenvalue weighted by Gasteiger charge is -2.23. The molecule has 0 radical (unpaired) electrons. The van der Waals surface area contributed by atoms with E-state index in [2.05, 4.69) is 53.3 Å². The van der Waals surface area contributed by atoms with Gasteiger partial charge >= 0.3 is 0 Å². The van der Waals surface area contributed by atoms with Gasteiger partial charge in [0.15, 0.2) is 0 Å². The minimum atomic E-state index is -0.176. The van der Waals surface area contributed by atoms with Gasteiger partial charge in [-0.15, -0.1) is 0 Å². The third-order valence-electron chi connectivity index (χ3n) is 7.47. The number of aromatic nitrogens is 1. The molecule has 5 nitrogen and oxygen atoms in total. The van der Waals surface area contributed by atoms with E-state index in [4.69, 9.17) is 0 Å². The van der Waals surface area contributed by atoms with E-state index in [1.807, 2.05) is 24.3 Å². The summed E-state index contributed by atoms with van der Waals surface area (Å²) in [5.41, 5.74) is 6.22. The highest BCUT2D eigenvalue weighted by atomic mass is 16.2. The van der Waals surface area contributed by atoms with Gasteiger partial charge in [-0.25, -0.2) is 0 Å². The summed E-state index contributed by atoms with van der Waals surface area (Å²) in [4.78, 5) is 24.5. The summed E-state index contributed by atoms with van der Waals surface area (Å²) < 4.78 is 2.40. The van der Waals surface area contributed by atoms with Gasteiger partial charge in [0.2, 0.25) is 11.8 Å². The molecule has 1 aliphatic carbocycles. The Morgan fingerprint density at radius 1 is 1.09 bits per heavy atom. The quantitative estimate of drug-likeness (QED) is 0.387. The standard InChI is InChI=1S/C30H35N3O2/c1-20(2)23-9-13-28-24(16-23)17-26(33(28)19-21-6-4-3-5-7-21)12-15-29(34)31-25-11-8-22-10-14-30(35)32-27(22)18-25/h8-9,11-13,15-18,20-21H,3-7,10,14,19H2,1-2H3,(H,31,34)(H,32,35)/b15-12+. The van der Waals surface area contributed by atoms with Gasteiger partial charge in [-0.3, -0.25) is 9.59 Å². The zero-order valence-corrected chi connectivity index (χ0v) is 20.8. The second-order valence-electron chi connectivity index (χ2n) is 10.4. The van der Waals surface area contributed by atoms with Crippen molar-refractivity contribution in [2.75, 3.05) is 10.6 Å². The van der Waals surface area contributed by atoms with Gasteiger partial charge in [0, 0.05) is 47.0 Å². The van der Waals surface area contributed by atoms with Crippen molar-refractivity contribution in [2.45, 2.75) is 71.3 Å². The van der Waals surface area contributed by atoms with E-state index in [-0.39, 0.29) is 11.8 Å². The highest BCUT2D eigenvalue weighted by Crippen LogP contribution is 2.31. The first kappa shape index (κ1) is 23.4. The molecule has 1 fully saturated rings. The topological polar surface area (TPSA) is 63.1 Å². The lowest BCUT2D eigenvalue weighted by molar-refractivity contribution is -0.116. The van der Waals surface area contributed by atoms with Crippen LogP contribution in [0, 0.1) is 5.92 Å². The molecule has 0 atom stereocenters. The van der Waals surface area contributed by atoms with Crippen molar-refractivity contribution >= 4 is 40.2 Å². The first-order chi connectivity index (χ1) is 17.0. The van der Waals surface area contributed by atoms with Crippen molar-refractivity contribution in [3.05, 3.63) is 65.4 Å². The molecule has 1 aliphatic heterocycles. The van der Waals surface area contributed by atoms with Crippen LogP contribution in [0.2, 0.25) is 0 Å². The maximum absolute atomic E-state index is 12.8. The molecular weight excluding hydrogens is 434 g/mol. The molecule has 5 rings (SSSR count). The minimum Gasteiger partial charge on any atom is -0.341 e. The predicted octanol–water partition coefficient (Wildman–Crippen LogP) is 6.88. The lowest BCUT2D eigenvalue weighted by Crippen LogP contribution is -2.19. The smallest absolute Gasteiger partial charge is 0.248 e. The third kappa shape index (κ3) is 5.34. The number of carbonyl (C=O) groups is 2. The van der Waals surface area contributed by atoms with Crippen LogP contribution in [-0.4, -0.2) is 16.4 Å². The van der Waals surface area contributed by atoms with E-state index in [1.165, 1.54) is 48.6 Å². The van der Waals surface area contributed by atoms with E-state index < -0.39 is 0 Å². The first-order valence-corrected chi connectivity index (χ1v) is 13.0. The molecule has 2 aromatic carbocycles. The van der Waals surface area contributed by atoms with Crippen LogP contribution in [0.4, 0.5) is 11.4 Å². The number of amides is 2. The Hall–Kier alpha value is -3.34. The zero-order chi connectivity index (χ0) is 24.4. The molecule has 182 valence electrons. The first-order valence-electron chi connectivity index (χ1n) is 13.0. The summed E-state index contributed by atoms with van der Waals surface area (Å²) in [6.07, 6.45) is 11.3. The van der Waals surface area contributed by atoms with Gasteiger partial charge < -0.3 is 15.2 Å². The summed E-state index contributed by atoms with van der Waals surface area (Å²) >= 11 is 0. The van der Waals surface area contributed by atoms with Crippen LogP contribution in [0.25, 0.3) is 17.0 Å². The number of fused-ring (bicyclic) bond motifs is 2. The van der Waals surface area contributed by atoms with E-state index >= 15 is 0 Å². The number of carbonyl (C=O) groups excluding carboxylic acids is 2. The van der Waals surface area contributed by atoms with Gasteiger partial charge in [0.1, 0.15) is 0 Å². The Bertz CT molecular complexity index is 1280. The summed E-state index contributed by atoms with van der Waals surface area (Å²) in [7, 11) is 0. The Morgan fingerprint density at radius 3 is 2.71 bits per heavy atom. The summed E-state index contributed by atoms with van der Waals surface area (Å²) in [5.74, 6) is 1.01. The average molecular weight is 470 g/mol. The fourth-order valence-electron chi connectivity index (χ4n) is 5.43. The molecule has 2 heterocycles. The van der Waals surface area contributed by atoms with E-state index in [0.29, 0.717) is 23.9 Å². The summed E-state index contributed by atoms with van der Waals surface area (Å²) in [6, 6.07) is 14.7. The maximum atomic E-state index is 12.8. The Balaban J connectivity index is 1.38. The van der Waals surface area contributed by atoms with Crippen molar-refractivity contribution in [3.63, 3.8) is 0 Å². The molecule has 2 aliphatic rings. The molecule has 3 aromatic rings. The van der Waals surface area contributed by atoms with Crippen molar-refractivity contribution < 1.29 is 9.59 Å². The minimum absolute atomic E-state index is 0.0206. The molecule has 0 spiro atoms. The van der Waals surface area contributed by atoms with Gasteiger partial charge in [-0.2, -0.15) is 0 Å². The molecule has 1 aromatic heterocycles. The molecule has 2 N–H and O–H groups in total. The van der Waals surface area contributed by atoms with E-state index in [0.717, 1.165) is 29.9 Å². The second kappa shape index (κ2) is 10.1. The van der Waals surface area contributed by atoms with Crippen LogP contribution in [0.15, 0.2) is 48.5 Å². The van der Waals surface area contributed by atoms with Crippen LogP contribution < -0.4 is 10.6 Å². The molecule has 2 amide bonds. The molecule has 1 saturated carbocycles. The number of hydrogen-bond acceptors (Lipinski definition) is 2. The molecule has 35 heavy (non-hydrogen) atoms. The molecule has 0 saturated heterocycles. The third-order valence-corrected chi connectivity index (χ3v) is 7.47. The van der Waals surface area contributed by atoms with Crippen molar-refractivity contribution in [1.82, 2.24) is 4.57 Å². The summed E-state index contributed by atoms with van der Waals surface area (Å²) in [6.45, 7) is 5.44. The monoisotopic (exact) mass is 469 g/mol. The number of benzene rings is 2. The summed E-state index contributed by atoms with van der Waals surface area (Å²) in [5, 5.41) is 7.08. The van der Waals surface area contributed by atoms with Crippen molar-refractivity contribution in [2.24, 2.45) is 5.92 Å². The zero-order valence-electron chi connectivity index (χ0n) is 20.8. The van der Waals surface area contributed by atoms with Crippen molar-refractivity contribution in [3.8, 4) is 0 Å². The average Bonchev–Trinajstić information content (AvgIpc) is 3.19. The van der Waals surface area contributed by atoms with E-state index in [1.54, 1.807) is 6.08 Å². The molecule has 0 bridgehead atoms. The number of nitrogens with one attached hydrogen (secondary N) is 2. The van der Waals surface area contributed by atoms with Crippen LogP contribution in [0.1, 0.15) is 75.1 Å². The van der Waals surface area contributed by atoms with Gasteiger partial charge in [-0.1, -0.05) is 45.2 Å². The fraction of sp³-hybridized carbons (Fsp3) is 0.400. The number of anilines is 2. The maximum Gasteiger partial charge on any atom is 0.248 e.